The third kappa shape index (κ3) is 13.8. The molecule has 0 radical (unpaired) electrons. The van der Waals surface area contributed by atoms with Crippen molar-refractivity contribution in [2.75, 3.05) is 59.6 Å². The number of likely N-dealkylation sites (N-methyl/N-ethyl adjacent to an activating group) is 1. The van der Waals surface area contributed by atoms with Crippen LogP contribution in [0.25, 0.3) is 10.9 Å². The van der Waals surface area contributed by atoms with E-state index >= 15 is 0 Å². The molecule has 2 atom stereocenters. The molecule has 0 bridgehead atoms. The van der Waals surface area contributed by atoms with Gasteiger partial charge in [0.1, 0.15) is 24.0 Å². The van der Waals surface area contributed by atoms with E-state index in [1.54, 1.807) is 33.1 Å². The summed E-state index contributed by atoms with van der Waals surface area (Å²) in [6.45, 7) is 21.2. The van der Waals surface area contributed by atoms with Crippen LogP contribution in [0.3, 0.4) is 0 Å². The minimum Gasteiger partial charge on any atom is -0.454 e. The van der Waals surface area contributed by atoms with Crippen LogP contribution in [0.5, 0.6) is 23.0 Å². The number of ether oxygens (including phenoxy) is 5. The fourth-order valence-corrected chi connectivity index (χ4v) is 10.4. The Kier molecular flexibility index (Phi) is 18.5. The van der Waals surface area contributed by atoms with E-state index in [0.29, 0.717) is 37.3 Å². The molecule has 14 heteroatoms. The van der Waals surface area contributed by atoms with Crippen LogP contribution in [0, 0.1) is 5.41 Å². The third-order valence-electron chi connectivity index (χ3n) is 15.4. The number of ketones is 2. The molecule has 5 aromatic rings. The predicted molar refractivity (Wildman–Crippen MR) is 306 cm³/mol. The molecular formula is C63H83ClN4O9. The van der Waals surface area contributed by atoms with E-state index in [2.05, 4.69) is 94.7 Å². The molecule has 4 aliphatic heterocycles. The molecule has 11 rings (SSSR count). The lowest BCUT2D eigenvalue weighted by Gasteiger charge is -2.27. The number of anilines is 1. The van der Waals surface area contributed by atoms with E-state index in [1.165, 1.54) is 29.0 Å². The second kappa shape index (κ2) is 24.3. The summed E-state index contributed by atoms with van der Waals surface area (Å²) < 4.78 is 29.1. The summed E-state index contributed by atoms with van der Waals surface area (Å²) in [4.78, 5) is 52.6. The van der Waals surface area contributed by atoms with Crippen LogP contribution in [0.2, 0.25) is 0 Å². The Morgan fingerprint density at radius 3 is 1.62 bits per heavy atom. The van der Waals surface area contributed by atoms with Crippen LogP contribution in [0.4, 0.5) is 5.69 Å². The summed E-state index contributed by atoms with van der Waals surface area (Å²) in [6, 6.07) is 27.1. The first-order valence-electron chi connectivity index (χ1n) is 27.5. The standard InChI is InChI=1S/C28H32N2O4.C24H27NO3.C5H10O.C4H8ClNO.C2H6/c1-27(2,3)24-14-19-12-18(6-8-21(19)30(24)16-26(32)29(4)5)13-25(31)28(10-11-28)20-7-9-22-23(15-20)34-17-33-22;1-23(2,3)21-12-16-10-15(4-6-18(16)25-21)11-22(26)24(8-9-24)17-5-7-19-20(13-17)28-14-27-19;1-5-3-2-4-6-5;1-6(2)4(7)3-5;1-2/h6-9,12,14-15H,10-11,13,16-17H2,1-5H3;4-7,10,13,21,25H,8-9,11-12,14H2,1-3H3;5H,2-4H2,1H3;3H2,1-2H3;1-2H3. The number of alkyl halides is 1. The van der Waals surface area contributed by atoms with Gasteiger partial charge in [0.05, 0.1) is 16.9 Å². The lowest BCUT2D eigenvalue weighted by atomic mass is 9.85. The average molecular weight is 1080 g/mol. The summed E-state index contributed by atoms with van der Waals surface area (Å²) >= 11 is 5.16. The molecule has 5 heterocycles. The molecule has 0 spiro atoms. The van der Waals surface area contributed by atoms with Gasteiger partial charge in [-0.15, -0.1) is 11.6 Å². The van der Waals surface area contributed by atoms with E-state index in [-0.39, 0.29) is 53.3 Å². The van der Waals surface area contributed by atoms with Crippen molar-refractivity contribution in [1.29, 1.82) is 0 Å². The number of amides is 2. The highest BCUT2D eigenvalue weighted by Crippen LogP contribution is 2.53. The van der Waals surface area contributed by atoms with Gasteiger partial charge in [-0.1, -0.05) is 85.7 Å². The maximum Gasteiger partial charge on any atom is 0.242 e. The van der Waals surface area contributed by atoms with Gasteiger partial charge in [0.25, 0.3) is 0 Å². The Hall–Kier alpha value is -6.05. The highest BCUT2D eigenvalue weighted by Gasteiger charge is 2.52. The van der Waals surface area contributed by atoms with Crippen molar-refractivity contribution in [3.05, 3.63) is 112 Å². The Bertz CT molecular complexity index is 2910. The fourth-order valence-electron chi connectivity index (χ4n) is 10.2. The highest BCUT2D eigenvalue weighted by molar-refractivity contribution is 6.27. The zero-order valence-corrected chi connectivity index (χ0v) is 48.7. The number of fused-ring (bicyclic) bond motifs is 4. The number of hydrogen-bond donors (Lipinski definition) is 1. The summed E-state index contributed by atoms with van der Waals surface area (Å²) in [5, 5.41) is 4.70. The van der Waals surface area contributed by atoms with Gasteiger partial charge in [-0.05, 0) is 134 Å². The summed E-state index contributed by atoms with van der Waals surface area (Å²) in [7, 11) is 6.90. The minimum atomic E-state index is -0.420. The molecule has 416 valence electrons. The van der Waals surface area contributed by atoms with Gasteiger partial charge in [-0.2, -0.15) is 0 Å². The Morgan fingerprint density at radius 2 is 1.19 bits per heavy atom. The largest absolute Gasteiger partial charge is 0.454 e. The number of rotatable bonds is 11. The van der Waals surface area contributed by atoms with E-state index < -0.39 is 5.41 Å². The second-order valence-electron chi connectivity index (χ2n) is 23.6. The van der Waals surface area contributed by atoms with Crippen LogP contribution < -0.4 is 24.3 Å². The topological polar surface area (TPSA) is 138 Å². The van der Waals surface area contributed by atoms with E-state index in [4.69, 9.17) is 35.3 Å². The number of carbonyl (C=O) groups excluding carboxylic acids is 4. The number of carbonyl (C=O) groups is 4. The maximum absolute atomic E-state index is 13.5. The lowest BCUT2D eigenvalue weighted by Crippen LogP contribution is -2.31. The first kappa shape index (κ1) is 58.6. The zero-order valence-electron chi connectivity index (χ0n) is 48.0. The predicted octanol–water partition coefficient (Wildman–Crippen LogP) is 11.8. The SMILES string of the molecule is CC.CC(C)(C)C1Cc2cc(CC(=O)C3(c4ccc5c(c4)OCO5)CC3)ccc2N1.CC1CCCO1.CN(C)C(=O)CCl.CN(C)C(=O)Cn1c(C(C)(C)C)cc2cc(CC(=O)C3(c4ccc5c(c4)OCO5)CC3)ccc21. The summed E-state index contributed by atoms with van der Waals surface area (Å²) in [5.41, 5.74) is 8.23. The molecule has 1 saturated heterocycles. The summed E-state index contributed by atoms with van der Waals surface area (Å²) in [6.07, 6.45) is 8.54. The first-order valence-corrected chi connectivity index (χ1v) is 28.0. The van der Waals surface area contributed by atoms with Gasteiger partial charge in [-0.3, -0.25) is 19.2 Å². The zero-order chi connectivity index (χ0) is 56.0. The molecule has 6 aliphatic rings. The number of aromatic nitrogens is 1. The Labute approximate surface area is 462 Å². The molecule has 1 aromatic heterocycles. The van der Waals surface area contributed by atoms with Crippen molar-refractivity contribution in [3.63, 3.8) is 0 Å². The van der Waals surface area contributed by atoms with Crippen LogP contribution in [0.1, 0.15) is 134 Å². The van der Waals surface area contributed by atoms with Crippen LogP contribution in [-0.2, 0) is 66.0 Å². The smallest absolute Gasteiger partial charge is 0.242 e. The van der Waals surface area contributed by atoms with Gasteiger partial charge in [0.15, 0.2) is 23.0 Å². The van der Waals surface area contributed by atoms with Crippen molar-refractivity contribution in [2.24, 2.45) is 5.41 Å². The number of nitrogens with one attached hydrogen (secondary N) is 1. The van der Waals surface area contributed by atoms with Crippen LogP contribution >= 0.6 is 11.6 Å². The minimum absolute atomic E-state index is 0.0540. The van der Waals surface area contributed by atoms with Crippen molar-refractivity contribution >= 4 is 51.6 Å². The molecule has 3 fully saturated rings. The van der Waals surface area contributed by atoms with Gasteiger partial charge in [0.2, 0.25) is 25.4 Å². The highest BCUT2D eigenvalue weighted by atomic mass is 35.5. The third-order valence-corrected chi connectivity index (χ3v) is 15.6. The molecule has 13 nitrogen and oxygen atoms in total. The molecule has 77 heavy (non-hydrogen) atoms. The van der Waals surface area contributed by atoms with Crippen molar-refractivity contribution in [3.8, 4) is 23.0 Å². The van der Waals surface area contributed by atoms with E-state index in [1.807, 2.05) is 56.3 Å². The maximum atomic E-state index is 13.5. The summed E-state index contributed by atoms with van der Waals surface area (Å²) in [5.74, 6) is 3.62. The number of benzene rings is 4. The lowest BCUT2D eigenvalue weighted by molar-refractivity contribution is -0.129. The number of Topliss-reactive ketones (excluding diaryl/α,β-unsaturated/α-hetero) is 2. The van der Waals surface area contributed by atoms with Gasteiger partial charge in [0, 0.05) is 81.4 Å². The van der Waals surface area contributed by atoms with Crippen LogP contribution in [-0.4, -0.2) is 104 Å². The number of hydrogen-bond acceptors (Lipinski definition) is 10. The van der Waals surface area contributed by atoms with Crippen molar-refractivity contribution in [1.82, 2.24) is 14.4 Å². The molecule has 1 N–H and O–H groups in total. The fraction of sp³-hybridized carbons (Fsp3) is 0.524. The normalized spacial score (nSPS) is 18.3. The molecule has 2 amide bonds. The molecule has 2 aliphatic carbocycles. The quantitative estimate of drug-likeness (QED) is 0.127. The van der Waals surface area contributed by atoms with Crippen molar-refractivity contribution < 1.29 is 42.9 Å². The van der Waals surface area contributed by atoms with E-state index in [0.717, 1.165) is 101 Å². The monoisotopic (exact) mass is 1070 g/mol. The van der Waals surface area contributed by atoms with Crippen molar-refractivity contribution in [2.45, 2.75) is 155 Å². The number of halogens is 1. The molecule has 2 unspecified atom stereocenters. The second-order valence-corrected chi connectivity index (χ2v) is 23.8. The average Bonchev–Trinajstić information content (AvgIpc) is 4.00. The van der Waals surface area contributed by atoms with Gasteiger partial charge in [-0.25, -0.2) is 0 Å². The molecule has 4 aromatic carbocycles. The van der Waals surface area contributed by atoms with Crippen LogP contribution in [0.15, 0.2) is 78.9 Å². The number of nitrogens with zero attached hydrogens (tertiary/aromatic N) is 3. The van der Waals surface area contributed by atoms with Gasteiger partial charge < -0.3 is 43.4 Å². The molecular weight excluding hydrogens is 992 g/mol. The molecule has 2 saturated carbocycles. The van der Waals surface area contributed by atoms with Gasteiger partial charge >= 0.3 is 0 Å². The Morgan fingerprint density at radius 1 is 0.675 bits per heavy atom. The van der Waals surface area contributed by atoms with E-state index in [9.17, 15) is 19.2 Å². The first-order chi connectivity index (χ1) is 36.5. The Balaban J connectivity index is 0.000000178.